The van der Waals surface area contributed by atoms with Crippen LogP contribution in [0.15, 0.2) is 12.4 Å². The normalized spacial score (nSPS) is 11.6. The van der Waals surface area contributed by atoms with Crippen molar-refractivity contribution in [3.8, 4) is 18.2 Å². The van der Waals surface area contributed by atoms with Crippen LogP contribution in [0.5, 0.6) is 5.88 Å². The number of anilines is 1. The van der Waals surface area contributed by atoms with Gasteiger partial charge in [-0.2, -0.15) is 0 Å². The van der Waals surface area contributed by atoms with Crippen LogP contribution in [-0.4, -0.2) is 22.6 Å². The summed E-state index contributed by atoms with van der Waals surface area (Å²) < 4.78 is 5.28. The number of ether oxygens (including phenoxy) is 1. The van der Waals surface area contributed by atoms with Crippen molar-refractivity contribution in [2.24, 2.45) is 0 Å². The lowest BCUT2D eigenvalue weighted by atomic mass is 10.2. The second-order valence-corrected chi connectivity index (χ2v) is 3.33. The van der Waals surface area contributed by atoms with Crippen molar-refractivity contribution in [1.29, 1.82) is 0 Å². The largest absolute Gasteiger partial charge is 0.478 e. The van der Waals surface area contributed by atoms with E-state index < -0.39 is 0 Å². The van der Waals surface area contributed by atoms with Gasteiger partial charge in [0.05, 0.1) is 12.6 Å². The van der Waals surface area contributed by atoms with E-state index in [1.807, 2.05) is 6.92 Å². The first-order valence-electron chi connectivity index (χ1n) is 5.47. The Hall–Kier alpha value is -1.76. The zero-order valence-electron chi connectivity index (χ0n) is 9.73. The summed E-state index contributed by atoms with van der Waals surface area (Å²) in [7, 11) is 0. The summed E-state index contributed by atoms with van der Waals surface area (Å²) in [5, 5.41) is 3.16. The van der Waals surface area contributed by atoms with Crippen LogP contribution in [0.2, 0.25) is 0 Å². The molecule has 86 valence electrons. The number of hydrogen-bond acceptors (Lipinski definition) is 4. The van der Waals surface area contributed by atoms with Gasteiger partial charge in [0, 0.05) is 6.07 Å². The Bertz CT molecular complexity index is 360. The molecule has 1 aromatic rings. The quantitative estimate of drug-likeness (QED) is 0.744. The highest BCUT2D eigenvalue weighted by Gasteiger charge is 2.05. The van der Waals surface area contributed by atoms with Crippen molar-refractivity contribution >= 4 is 5.82 Å². The van der Waals surface area contributed by atoms with Gasteiger partial charge in [0.15, 0.2) is 0 Å². The zero-order valence-corrected chi connectivity index (χ0v) is 9.73. The zero-order chi connectivity index (χ0) is 11.8. The highest BCUT2D eigenvalue weighted by Crippen LogP contribution is 2.12. The topological polar surface area (TPSA) is 47.0 Å². The summed E-state index contributed by atoms with van der Waals surface area (Å²) >= 11 is 0. The van der Waals surface area contributed by atoms with Crippen LogP contribution in [-0.2, 0) is 0 Å². The van der Waals surface area contributed by atoms with Gasteiger partial charge in [-0.15, -0.1) is 6.42 Å². The van der Waals surface area contributed by atoms with Gasteiger partial charge in [-0.05, 0) is 13.3 Å². The molecule has 0 spiro atoms. The van der Waals surface area contributed by atoms with Crippen molar-refractivity contribution in [1.82, 2.24) is 9.97 Å². The second-order valence-electron chi connectivity index (χ2n) is 3.33. The van der Waals surface area contributed by atoms with Crippen molar-refractivity contribution in [2.45, 2.75) is 32.7 Å². The van der Waals surface area contributed by atoms with Gasteiger partial charge in [0.1, 0.15) is 12.1 Å². The number of terminal acetylenes is 1. The number of nitrogens with zero attached hydrogens (tertiary/aromatic N) is 2. The minimum absolute atomic E-state index is 0.00868. The summed E-state index contributed by atoms with van der Waals surface area (Å²) in [6, 6.07) is 1.76. The van der Waals surface area contributed by atoms with Crippen molar-refractivity contribution < 1.29 is 4.74 Å². The molecule has 0 fully saturated rings. The molecule has 16 heavy (non-hydrogen) atoms. The molecule has 0 aromatic carbocycles. The second kappa shape index (κ2) is 6.67. The SMILES string of the molecule is C#CC(CCC)Nc1cc(OCC)ncn1. The van der Waals surface area contributed by atoms with Gasteiger partial charge in [0.25, 0.3) is 0 Å². The first-order chi connectivity index (χ1) is 7.80. The van der Waals surface area contributed by atoms with E-state index in [4.69, 9.17) is 11.2 Å². The standard InChI is InChI=1S/C12H17N3O/c1-4-7-10(5-2)15-11-8-12(16-6-3)14-9-13-11/h2,8-10H,4,6-7H2,1,3H3,(H,13,14,15). The molecule has 0 radical (unpaired) electrons. The molecule has 0 aliphatic rings. The molecule has 1 rings (SSSR count). The van der Waals surface area contributed by atoms with Crippen molar-refractivity contribution in [3.63, 3.8) is 0 Å². The number of hydrogen-bond donors (Lipinski definition) is 1. The maximum Gasteiger partial charge on any atom is 0.218 e. The van der Waals surface area contributed by atoms with E-state index in [0.29, 0.717) is 18.3 Å². The Balaban J connectivity index is 2.65. The third kappa shape index (κ3) is 3.77. The fourth-order valence-corrected chi connectivity index (χ4v) is 1.31. The molecule has 0 aliphatic heterocycles. The Morgan fingerprint density at radius 3 is 2.94 bits per heavy atom. The molecule has 1 unspecified atom stereocenters. The lowest BCUT2D eigenvalue weighted by Crippen LogP contribution is -2.17. The van der Waals surface area contributed by atoms with Crippen LogP contribution in [0.3, 0.4) is 0 Å². The van der Waals surface area contributed by atoms with Gasteiger partial charge < -0.3 is 10.1 Å². The molecule has 0 saturated carbocycles. The molecule has 4 nitrogen and oxygen atoms in total. The number of aromatic nitrogens is 2. The highest BCUT2D eigenvalue weighted by atomic mass is 16.5. The number of rotatable bonds is 6. The van der Waals surface area contributed by atoms with E-state index >= 15 is 0 Å². The van der Waals surface area contributed by atoms with E-state index in [9.17, 15) is 0 Å². The fraction of sp³-hybridized carbons (Fsp3) is 0.500. The van der Waals surface area contributed by atoms with E-state index in [-0.39, 0.29) is 6.04 Å². The number of nitrogens with one attached hydrogen (secondary N) is 1. The first-order valence-corrected chi connectivity index (χ1v) is 5.47. The van der Waals surface area contributed by atoms with Crippen LogP contribution >= 0.6 is 0 Å². The summed E-state index contributed by atoms with van der Waals surface area (Å²) in [5.41, 5.74) is 0. The predicted octanol–water partition coefficient (Wildman–Crippen LogP) is 2.09. The van der Waals surface area contributed by atoms with Gasteiger partial charge in [-0.1, -0.05) is 19.3 Å². The average Bonchev–Trinajstić information content (AvgIpc) is 2.29. The maximum absolute atomic E-state index is 5.42. The molecule has 0 bridgehead atoms. The molecule has 4 heteroatoms. The van der Waals surface area contributed by atoms with Crippen LogP contribution in [0, 0.1) is 12.3 Å². The van der Waals surface area contributed by atoms with Gasteiger partial charge in [0.2, 0.25) is 5.88 Å². The van der Waals surface area contributed by atoms with E-state index in [1.165, 1.54) is 6.33 Å². The molecule has 0 amide bonds. The Kier molecular flexibility index (Phi) is 5.13. The Morgan fingerprint density at radius 2 is 2.31 bits per heavy atom. The third-order valence-electron chi connectivity index (χ3n) is 2.03. The van der Waals surface area contributed by atoms with E-state index in [1.54, 1.807) is 6.07 Å². The molecule has 1 heterocycles. The molecule has 0 aliphatic carbocycles. The minimum atomic E-state index is 0.00868. The maximum atomic E-state index is 5.42. The predicted molar refractivity (Wildman–Crippen MR) is 64.4 cm³/mol. The van der Waals surface area contributed by atoms with Gasteiger partial charge in [-0.3, -0.25) is 0 Å². The Labute approximate surface area is 96.5 Å². The molecular formula is C12H17N3O. The molecular weight excluding hydrogens is 202 g/mol. The fourth-order valence-electron chi connectivity index (χ4n) is 1.31. The van der Waals surface area contributed by atoms with E-state index in [2.05, 4.69) is 28.1 Å². The Morgan fingerprint density at radius 1 is 1.50 bits per heavy atom. The highest BCUT2D eigenvalue weighted by molar-refractivity contribution is 5.40. The minimum Gasteiger partial charge on any atom is -0.478 e. The first kappa shape index (κ1) is 12.3. The molecule has 0 saturated heterocycles. The van der Waals surface area contributed by atoms with Crippen LogP contribution in [0.4, 0.5) is 5.82 Å². The van der Waals surface area contributed by atoms with Gasteiger partial charge in [-0.25, -0.2) is 9.97 Å². The molecule has 1 aromatic heterocycles. The summed E-state index contributed by atoms with van der Waals surface area (Å²) in [6.07, 6.45) is 8.84. The lowest BCUT2D eigenvalue weighted by Gasteiger charge is -2.12. The van der Waals surface area contributed by atoms with Crippen LogP contribution in [0.25, 0.3) is 0 Å². The smallest absolute Gasteiger partial charge is 0.218 e. The van der Waals surface area contributed by atoms with Gasteiger partial charge >= 0.3 is 0 Å². The summed E-state index contributed by atoms with van der Waals surface area (Å²) in [6.45, 7) is 4.60. The average molecular weight is 219 g/mol. The third-order valence-corrected chi connectivity index (χ3v) is 2.03. The van der Waals surface area contributed by atoms with Crippen LogP contribution in [0.1, 0.15) is 26.7 Å². The lowest BCUT2D eigenvalue weighted by molar-refractivity contribution is 0.326. The van der Waals surface area contributed by atoms with Crippen molar-refractivity contribution in [2.75, 3.05) is 11.9 Å². The monoisotopic (exact) mass is 219 g/mol. The van der Waals surface area contributed by atoms with E-state index in [0.717, 1.165) is 12.8 Å². The van der Waals surface area contributed by atoms with Crippen molar-refractivity contribution in [3.05, 3.63) is 12.4 Å². The molecule has 1 atom stereocenters. The summed E-state index contributed by atoms with van der Waals surface area (Å²) in [4.78, 5) is 8.08. The van der Waals surface area contributed by atoms with Crippen LogP contribution < -0.4 is 10.1 Å². The molecule has 1 N–H and O–H groups in total. The summed E-state index contributed by atoms with van der Waals surface area (Å²) in [5.74, 6) is 3.96.